The third-order valence-electron chi connectivity index (χ3n) is 3.50. The number of hydrogen-bond acceptors (Lipinski definition) is 4. The molecule has 0 aliphatic rings. The van der Waals surface area contributed by atoms with Crippen molar-refractivity contribution in [1.29, 1.82) is 0 Å². The fraction of sp³-hybridized carbons (Fsp3) is 0.235. The molecular weight excluding hydrogens is 292 g/mol. The van der Waals surface area contributed by atoms with Crippen LogP contribution in [0.3, 0.4) is 0 Å². The topological polar surface area (TPSA) is 69.0 Å². The predicted octanol–water partition coefficient (Wildman–Crippen LogP) is 2.62. The van der Waals surface area contributed by atoms with Gasteiger partial charge in [0.05, 0.1) is 0 Å². The Bertz CT molecular complexity index is 809. The Kier molecular flexibility index (Phi) is 4.23. The first-order valence-electron chi connectivity index (χ1n) is 7.47. The highest BCUT2D eigenvalue weighted by Crippen LogP contribution is 2.17. The van der Waals surface area contributed by atoms with Crippen LogP contribution in [-0.2, 0) is 4.79 Å². The van der Waals surface area contributed by atoms with Crippen LogP contribution in [-0.4, -0.2) is 27.7 Å². The van der Waals surface area contributed by atoms with Crippen molar-refractivity contribution >= 4 is 22.6 Å². The summed E-state index contributed by atoms with van der Waals surface area (Å²) in [6.07, 6.45) is 0. The van der Waals surface area contributed by atoms with Gasteiger partial charge in [0.1, 0.15) is 11.0 Å². The number of benzene rings is 2. The highest BCUT2D eigenvalue weighted by Gasteiger charge is 2.08. The lowest BCUT2D eigenvalue weighted by Crippen LogP contribution is -2.26. The Morgan fingerprint density at radius 3 is 2.65 bits per heavy atom. The molecule has 3 aromatic rings. The Labute approximate surface area is 134 Å². The molecule has 0 bridgehead atoms. The summed E-state index contributed by atoms with van der Waals surface area (Å²) in [6, 6.07) is 15.2. The van der Waals surface area contributed by atoms with E-state index >= 15 is 0 Å². The highest BCUT2D eigenvalue weighted by atomic mass is 16.7. The summed E-state index contributed by atoms with van der Waals surface area (Å²) in [7, 11) is 0. The van der Waals surface area contributed by atoms with Crippen LogP contribution < -0.4 is 10.2 Å². The number of hydrogen-bond donors (Lipinski definition) is 1. The predicted molar refractivity (Wildman–Crippen MR) is 88.1 cm³/mol. The number of nitrogens with one attached hydrogen (secondary N) is 1. The van der Waals surface area contributed by atoms with E-state index in [9.17, 15) is 4.79 Å². The van der Waals surface area contributed by atoms with Gasteiger partial charge in [0, 0.05) is 5.69 Å². The van der Waals surface area contributed by atoms with Crippen LogP contribution in [0, 0.1) is 0 Å². The SMILES string of the molecule is CC(C)c1ccc(NC(=O)COn2nnc3ccccc32)cc1. The minimum Gasteiger partial charge on any atom is -0.385 e. The quantitative estimate of drug-likeness (QED) is 0.786. The zero-order chi connectivity index (χ0) is 16.2. The van der Waals surface area contributed by atoms with E-state index in [0.717, 1.165) is 16.7 Å². The van der Waals surface area contributed by atoms with E-state index in [1.54, 1.807) is 0 Å². The largest absolute Gasteiger partial charge is 0.385 e. The lowest BCUT2D eigenvalue weighted by Gasteiger charge is -2.09. The third-order valence-corrected chi connectivity index (χ3v) is 3.50. The molecule has 0 aliphatic carbocycles. The maximum Gasteiger partial charge on any atom is 0.265 e. The van der Waals surface area contributed by atoms with Gasteiger partial charge in [0.15, 0.2) is 6.61 Å². The van der Waals surface area contributed by atoms with Crippen LogP contribution in [0.25, 0.3) is 11.0 Å². The lowest BCUT2D eigenvalue weighted by atomic mass is 10.0. The molecule has 0 atom stereocenters. The first-order valence-corrected chi connectivity index (χ1v) is 7.47. The van der Waals surface area contributed by atoms with Crippen molar-refractivity contribution in [2.75, 3.05) is 11.9 Å². The first-order chi connectivity index (χ1) is 11.1. The molecular formula is C17H18N4O2. The number of aromatic nitrogens is 3. The first kappa shape index (κ1) is 15.0. The van der Waals surface area contributed by atoms with Gasteiger partial charge in [-0.1, -0.05) is 43.0 Å². The highest BCUT2D eigenvalue weighted by molar-refractivity contribution is 5.91. The molecule has 118 valence electrons. The van der Waals surface area contributed by atoms with Gasteiger partial charge in [-0.3, -0.25) is 4.79 Å². The molecule has 0 saturated heterocycles. The molecule has 0 radical (unpaired) electrons. The van der Waals surface area contributed by atoms with Crippen molar-refractivity contribution in [3.63, 3.8) is 0 Å². The van der Waals surface area contributed by atoms with Crippen molar-refractivity contribution in [3.05, 3.63) is 54.1 Å². The number of anilines is 1. The van der Waals surface area contributed by atoms with Crippen molar-refractivity contribution in [2.24, 2.45) is 0 Å². The second-order valence-electron chi connectivity index (χ2n) is 5.55. The normalized spacial score (nSPS) is 10.9. The van der Waals surface area contributed by atoms with Gasteiger partial charge in [-0.25, -0.2) is 0 Å². The summed E-state index contributed by atoms with van der Waals surface area (Å²) in [5.41, 5.74) is 3.42. The van der Waals surface area contributed by atoms with E-state index in [-0.39, 0.29) is 12.5 Å². The van der Waals surface area contributed by atoms with E-state index < -0.39 is 0 Å². The third kappa shape index (κ3) is 3.48. The number of rotatable bonds is 5. The zero-order valence-electron chi connectivity index (χ0n) is 13.1. The molecule has 1 amide bonds. The summed E-state index contributed by atoms with van der Waals surface area (Å²) < 4.78 is 0. The molecule has 1 N–H and O–H groups in total. The summed E-state index contributed by atoms with van der Waals surface area (Å²) in [5, 5.41) is 10.6. The number of fused-ring (bicyclic) bond motifs is 1. The minimum absolute atomic E-state index is 0.140. The maximum absolute atomic E-state index is 12.0. The molecule has 0 aliphatic heterocycles. The Balaban J connectivity index is 1.59. The Hall–Kier alpha value is -2.89. The number of carbonyl (C=O) groups is 1. The lowest BCUT2D eigenvalue weighted by molar-refractivity contribution is -0.121. The molecule has 0 unspecified atom stereocenters. The summed E-state index contributed by atoms with van der Waals surface area (Å²) in [4.78, 5) is 18.6. The van der Waals surface area contributed by atoms with E-state index in [1.807, 2.05) is 48.5 Å². The van der Waals surface area contributed by atoms with Gasteiger partial charge in [0.25, 0.3) is 5.91 Å². The van der Waals surface area contributed by atoms with Crippen molar-refractivity contribution in [1.82, 2.24) is 15.2 Å². The number of para-hydroxylation sites is 1. The standard InChI is InChI=1S/C17H18N4O2/c1-12(2)13-7-9-14(10-8-13)18-17(22)11-23-21-16-6-4-3-5-15(16)19-20-21/h3-10,12H,11H2,1-2H3,(H,18,22). The van der Waals surface area contributed by atoms with Crippen LogP contribution in [0.15, 0.2) is 48.5 Å². The molecule has 23 heavy (non-hydrogen) atoms. The van der Waals surface area contributed by atoms with Gasteiger partial charge in [-0.15, -0.1) is 5.10 Å². The van der Waals surface area contributed by atoms with E-state index in [0.29, 0.717) is 5.92 Å². The smallest absolute Gasteiger partial charge is 0.265 e. The molecule has 0 saturated carbocycles. The summed E-state index contributed by atoms with van der Waals surface area (Å²) >= 11 is 0. The van der Waals surface area contributed by atoms with Gasteiger partial charge in [0.2, 0.25) is 0 Å². The number of nitrogens with zero attached hydrogens (tertiary/aromatic N) is 3. The molecule has 0 fully saturated rings. The van der Waals surface area contributed by atoms with Crippen LogP contribution >= 0.6 is 0 Å². The Morgan fingerprint density at radius 1 is 1.17 bits per heavy atom. The van der Waals surface area contributed by atoms with E-state index in [1.165, 1.54) is 10.4 Å². The minimum atomic E-state index is -0.248. The fourth-order valence-corrected chi connectivity index (χ4v) is 2.21. The Morgan fingerprint density at radius 2 is 1.91 bits per heavy atom. The van der Waals surface area contributed by atoms with Crippen LogP contribution in [0.5, 0.6) is 0 Å². The second kappa shape index (κ2) is 6.48. The van der Waals surface area contributed by atoms with Gasteiger partial charge in [-0.2, -0.15) is 0 Å². The van der Waals surface area contributed by atoms with Crippen LogP contribution in [0.2, 0.25) is 0 Å². The summed E-state index contributed by atoms with van der Waals surface area (Å²) in [5.74, 6) is 0.213. The van der Waals surface area contributed by atoms with Gasteiger partial charge in [-0.05, 0) is 41.0 Å². The average Bonchev–Trinajstić information content (AvgIpc) is 2.97. The summed E-state index contributed by atoms with van der Waals surface area (Å²) in [6.45, 7) is 4.12. The van der Waals surface area contributed by atoms with Crippen molar-refractivity contribution in [3.8, 4) is 0 Å². The molecule has 6 nitrogen and oxygen atoms in total. The van der Waals surface area contributed by atoms with Crippen LogP contribution in [0.1, 0.15) is 25.3 Å². The molecule has 6 heteroatoms. The fourth-order valence-electron chi connectivity index (χ4n) is 2.21. The van der Waals surface area contributed by atoms with Gasteiger partial charge >= 0.3 is 0 Å². The monoisotopic (exact) mass is 310 g/mol. The van der Waals surface area contributed by atoms with Crippen molar-refractivity contribution < 1.29 is 9.63 Å². The van der Waals surface area contributed by atoms with Gasteiger partial charge < -0.3 is 10.2 Å². The maximum atomic E-state index is 12.0. The van der Waals surface area contributed by atoms with E-state index in [2.05, 4.69) is 29.5 Å². The molecule has 1 heterocycles. The molecule has 3 rings (SSSR count). The second-order valence-corrected chi connectivity index (χ2v) is 5.55. The number of amides is 1. The van der Waals surface area contributed by atoms with E-state index in [4.69, 9.17) is 4.84 Å². The molecule has 0 spiro atoms. The average molecular weight is 310 g/mol. The van der Waals surface area contributed by atoms with Crippen molar-refractivity contribution in [2.45, 2.75) is 19.8 Å². The molecule has 1 aromatic heterocycles. The number of carbonyl (C=O) groups excluding carboxylic acids is 1. The zero-order valence-corrected chi connectivity index (χ0v) is 13.1. The molecule has 2 aromatic carbocycles. The van der Waals surface area contributed by atoms with Crippen LogP contribution in [0.4, 0.5) is 5.69 Å².